The predicted octanol–water partition coefficient (Wildman–Crippen LogP) is 5.82. The van der Waals surface area contributed by atoms with Gasteiger partial charge >= 0.3 is 7.12 Å². The largest absolute Gasteiger partial charge is 0.457 e. The van der Waals surface area contributed by atoms with Gasteiger partial charge < -0.3 is 14.6 Å². The lowest BCUT2D eigenvalue weighted by Gasteiger charge is -2.46. The van der Waals surface area contributed by atoms with Crippen molar-refractivity contribution in [2.75, 3.05) is 6.54 Å². The third-order valence-electron chi connectivity index (χ3n) is 9.04. The summed E-state index contributed by atoms with van der Waals surface area (Å²) in [4.78, 5) is 16.3. The number of carbonyl (C=O) groups excluding carboxylic acids is 1. The molecule has 1 aromatic rings. The first kappa shape index (κ1) is 26.7. The predicted molar refractivity (Wildman–Crippen MR) is 143 cm³/mol. The minimum absolute atomic E-state index is 0.157. The molecule has 5 nitrogen and oxygen atoms in total. The summed E-state index contributed by atoms with van der Waals surface area (Å²) < 4.78 is 12.5. The molecule has 1 unspecified atom stereocenters. The van der Waals surface area contributed by atoms with E-state index in [-0.39, 0.29) is 35.2 Å². The molecule has 4 rings (SSSR count). The molecular formula is C29H47BN2O3. The van der Waals surface area contributed by atoms with Crippen molar-refractivity contribution in [3.63, 3.8) is 0 Å². The standard InChI is InChI=1S/C29H47BN2O3/c1-26(2,3)31-25(33)29(8)17-21(15-16-30-34-27(4,5)28(6,7)35-30)13-14-24(29)20-32-18-22-11-9-10-12-23(22)19-32/h9-12,21,24H,13-20H2,1-8H3,(H,31,33)/t21-,24?,29-/m0/s1. The highest BCUT2D eigenvalue weighted by Gasteiger charge is 2.52. The first-order chi connectivity index (χ1) is 16.2. The highest BCUT2D eigenvalue weighted by Crippen LogP contribution is 2.47. The van der Waals surface area contributed by atoms with E-state index in [1.807, 2.05) is 0 Å². The van der Waals surface area contributed by atoms with Crippen molar-refractivity contribution in [3.05, 3.63) is 35.4 Å². The molecule has 3 aliphatic rings. The van der Waals surface area contributed by atoms with Crippen molar-refractivity contribution in [3.8, 4) is 0 Å². The van der Waals surface area contributed by atoms with Gasteiger partial charge in [-0.2, -0.15) is 0 Å². The molecule has 2 aliphatic heterocycles. The summed E-state index contributed by atoms with van der Waals surface area (Å²) in [5.74, 6) is 1.08. The molecule has 0 spiro atoms. The molecule has 0 radical (unpaired) electrons. The Hall–Kier alpha value is -1.37. The number of carbonyl (C=O) groups is 1. The summed E-state index contributed by atoms with van der Waals surface area (Å²) in [7, 11) is -0.157. The number of amides is 1. The van der Waals surface area contributed by atoms with Gasteiger partial charge in [-0.1, -0.05) is 44.0 Å². The van der Waals surface area contributed by atoms with E-state index in [0.29, 0.717) is 11.8 Å². The molecule has 1 saturated heterocycles. The number of rotatable bonds is 6. The summed E-state index contributed by atoms with van der Waals surface area (Å²) in [6, 6.07) is 8.75. The number of nitrogens with zero attached hydrogens (tertiary/aromatic N) is 1. The highest BCUT2D eigenvalue weighted by molar-refractivity contribution is 6.45. The van der Waals surface area contributed by atoms with E-state index < -0.39 is 0 Å². The van der Waals surface area contributed by atoms with Crippen molar-refractivity contribution in [2.24, 2.45) is 17.3 Å². The van der Waals surface area contributed by atoms with Crippen molar-refractivity contribution < 1.29 is 14.1 Å². The lowest BCUT2D eigenvalue weighted by Crippen LogP contribution is -2.54. The Kier molecular flexibility index (Phi) is 7.24. The lowest BCUT2D eigenvalue weighted by atomic mass is 9.61. The lowest BCUT2D eigenvalue weighted by molar-refractivity contribution is -0.139. The number of nitrogens with one attached hydrogen (secondary N) is 1. The molecule has 3 atom stereocenters. The molecule has 1 saturated carbocycles. The average Bonchev–Trinajstić information content (AvgIpc) is 3.23. The summed E-state index contributed by atoms with van der Waals surface area (Å²) in [6.07, 6.45) is 5.12. The molecule has 194 valence electrons. The van der Waals surface area contributed by atoms with E-state index in [1.54, 1.807) is 0 Å². The summed E-state index contributed by atoms with van der Waals surface area (Å²) in [6.45, 7) is 19.9. The first-order valence-corrected chi connectivity index (χ1v) is 13.7. The van der Waals surface area contributed by atoms with Crippen LogP contribution in [0.4, 0.5) is 0 Å². The molecule has 2 fully saturated rings. The van der Waals surface area contributed by atoms with Crippen LogP contribution in [0.2, 0.25) is 6.32 Å². The molecule has 1 aliphatic carbocycles. The van der Waals surface area contributed by atoms with Gasteiger partial charge in [0.1, 0.15) is 0 Å². The van der Waals surface area contributed by atoms with E-state index in [1.165, 1.54) is 17.5 Å². The monoisotopic (exact) mass is 482 g/mol. The van der Waals surface area contributed by atoms with Crippen LogP contribution in [-0.4, -0.2) is 41.2 Å². The normalized spacial score (nSPS) is 30.3. The molecule has 6 heteroatoms. The van der Waals surface area contributed by atoms with E-state index >= 15 is 0 Å². The zero-order valence-corrected chi connectivity index (χ0v) is 23.4. The zero-order chi connectivity index (χ0) is 25.6. The second kappa shape index (κ2) is 9.50. The molecule has 1 amide bonds. The summed E-state index contributed by atoms with van der Waals surface area (Å²) in [5.41, 5.74) is 1.69. The van der Waals surface area contributed by atoms with Crippen LogP contribution < -0.4 is 5.32 Å². The molecule has 35 heavy (non-hydrogen) atoms. The Bertz CT molecular complexity index is 884. The summed E-state index contributed by atoms with van der Waals surface area (Å²) in [5, 5.41) is 3.33. The summed E-state index contributed by atoms with van der Waals surface area (Å²) >= 11 is 0. The van der Waals surface area contributed by atoms with E-state index in [2.05, 4.69) is 89.9 Å². The average molecular weight is 483 g/mol. The van der Waals surface area contributed by atoms with Crippen molar-refractivity contribution in [1.82, 2.24) is 10.2 Å². The quantitative estimate of drug-likeness (QED) is 0.519. The van der Waals surface area contributed by atoms with Crippen molar-refractivity contribution >= 4 is 13.0 Å². The van der Waals surface area contributed by atoms with Gasteiger partial charge in [0.15, 0.2) is 0 Å². The Balaban J connectivity index is 1.42. The third kappa shape index (κ3) is 5.81. The highest BCUT2D eigenvalue weighted by atomic mass is 16.7. The van der Waals surface area contributed by atoms with Gasteiger partial charge in [-0.15, -0.1) is 0 Å². The van der Waals surface area contributed by atoms with Gasteiger partial charge in [-0.3, -0.25) is 9.69 Å². The van der Waals surface area contributed by atoms with Gasteiger partial charge in [-0.25, -0.2) is 0 Å². The third-order valence-corrected chi connectivity index (χ3v) is 9.04. The van der Waals surface area contributed by atoms with Crippen LogP contribution in [0.25, 0.3) is 0 Å². The fourth-order valence-corrected chi connectivity index (χ4v) is 6.22. The number of fused-ring (bicyclic) bond motifs is 1. The number of hydrogen-bond donors (Lipinski definition) is 1. The Labute approximate surface area is 213 Å². The fourth-order valence-electron chi connectivity index (χ4n) is 6.22. The second-order valence-corrected chi connectivity index (χ2v) is 13.7. The number of hydrogen-bond acceptors (Lipinski definition) is 4. The van der Waals surface area contributed by atoms with Gasteiger partial charge in [0.05, 0.1) is 16.6 Å². The molecular weight excluding hydrogens is 435 g/mol. The van der Waals surface area contributed by atoms with Crippen LogP contribution in [0, 0.1) is 17.3 Å². The van der Waals surface area contributed by atoms with Gasteiger partial charge in [0, 0.05) is 25.2 Å². The Morgan fingerprint density at radius 1 is 1.03 bits per heavy atom. The zero-order valence-electron chi connectivity index (χ0n) is 23.4. The fraction of sp³-hybridized carbons (Fsp3) is 0.759. The first-order valence-electron chi connectivity index (χ1n) is 13.7. The van der Waals surface area contributed by atoms with Crippen LogP contribution in [-0.2, 0) is 27.2 Å². The van der Waals surface area contributed by atoms with Crippen LogP contribution in [0.1, 0.15) is 92.2 Å². The molecule has 1 aromatic carbocycles. The smallest absolute Gasteiger partial charge is 0.403 e. The maximum atomic E-state index is 13.7. The van der Waals surface area contributed by atoms with E-state index in [4.69, 9.17) is 9.31 Å². The maximum absolute atomic E-state index is 13.7. The van der Waals surface area contributed by atoms with Crippen molar-refractivity contribution in [2.45, 2.75) is 117 Å². The van der Waals surface area contributed by atoms with Crippen LogP contribution in [0.15, 0.2) is 24.3 Å². The van der Waals surface area contributed by atoms with Crippen LogP contribution in [0.5, 0.6) is 0 Å². The SMILES string of the molecule is CC(C)(C)NC(=O)[C@@]1(C)C[C@H](CCB2OC(C)(C)C(C)(C)O2)CCC1CN1Cc2ccccc2C1. The van der Waals surface area contributed by atoms with E-state index in [9.17, 15) is 4.79 Å². The Morgan fingerprint density at radius 2 is 1.60 bits per heavy atom. The van der Waals surface area contributed by atoms with Crippen molar-refractivity contribution in [1.29, 1.82) is 0 Å². The topological polar surface area (TPSA) is 50.8 Å². The molecule has 0 bridgehead atoms. The van der Waals surface area contributed by atoms with Gasteiger partial charge in [-0.05, 0) is 90.6 Å². The van der Waals surface area contributed by atoms with Crippen LogP contribution in [0.3, 0.4) is 0 Å². The minimum Gasteiger partial charge on any atom is -0.403 e. The minimum atomic E-state index is -0.374. The molecule has 2 heterocycles. The van der Waals surface area contributed by atoms with Gasteiger partial charge in [0.25, 0.3) is 0 Å². The van der Waals surface area contributed by atoms with Crippen LogP contribution >= 0.6 is 0 Å². The number of benzene rings is 1. The van der Waals surface area contributed by atoms with E-state index in [0.717, 1.165) is 45.2 Å². The molecule has 1 N–H and O–H groups in total. The van der Waals surface area contributed by atoms with Gasteiger partial charge in [0.2, 0.25) is 5.91 Å². The Morgan fingerprint density at radius 3 is 2.14 bits per heavy atom. The molecule has 0 aromatic heterocycles. The second-order valence-electron chi connectivity index (χ2n) is 13.7. The maximum Gasteiger partial charge on any atom is 0.457 e.